The molecule has 2 nitrogen and oxygen atoms in total. The molecule has 0 unspecified atom stereocenters. The monoisotopic (exact) mass is 266 g/mol. The Morgan fingerprint density at radius 2 is 1.75 bits per heavy atom. The Labute approximate surface area is 119 Å². The van der Waals surface area contributed by atoms with Crippen LogP contribution in [0.25, 0.3) is 11.1 Å². The molecule has 0 aliphatic carbocycles. The summed E-state index contributed by atoms with van der Waals surface area (Å²) in [7, 11) is 0. The van der Waals surface area contributed by atoms with Crippen molar-refractivity contribution >= 4 is 5.97 Å². The number of hydrogen-bond acceptors (Lipinski definition) is 2. The Morgan fingerprint density at radius 1 is 1.05 bits per heavy atom. The van der Waals surface area contributed by atoms with Crippen molar-refractivity contribution in [2.45, 2.75) is 20.3 Å². The Hall–Kier alpha value is -2.35. The third kappa shape index (κ3) is 3.58. The van der Waals surface area contributed by atoms with Crippen LogP contribution in [0.1, 0.15) is 20.3 Å². The number of ether oxygens (including phenoxy) is 1. The molecule has 2 aromatic rings. The lowest BCUT2D eigenvalue weighted by atomic mass is 10.1. The van der Waals surface area contributed by atoms with Crippen LogP contribution in [-0.2, 0) is 4.79 Å². The first-order chi connectivity index (χ1) is 9.70. The molecule has 0 aliphatic rings. The van der Waals surface area contributed by atoms with Gasteiger partial charge in [-0.25, -0.2) is 4.79 Å². The van der Waals surface area contributed by atoms with Gasteiger partial charge in [-0.15, -0.1) is 0 Å². The Kier molecular flexibility index (Phi) is 4.72. The fraction of sp³-hybridized carbons (Fsp3) is 0.167. The highest BCUT2D eigenvalue weighted by Crippen LogP contribution is 2.24. The van der Waals surface area contributed by atoms with Crippen LogP contribution in [0.5, 0.6) is 5.75 Å². The standard InChI is InChI=1S/C18H18O2/c1-3-8-14(2)18(19)20-17-12-7-11-16(13-17)15-9-5-4-6-10-15/h4-13H,3H2,1-2H3. The molecule has 0 spiro atoms. The summed E-state index contributed by atoms with van der Waals surface area (Å²) < 4.78 is 5.38. The van der Waals surface area contributed by atoms with Crippen molar-refractivity contribution in [1.82, 2.24) is 0 Å². The molecule has 2 rings (SSSR count). The fourth-order valence-electron chi connectivity index (χ4n) is 1.95. The fourth-order valence-corrected chi connectivity index (χ4v) is 1.95. The lowest BCUT2D eigenvalue weighted by Gasteiger charge is -2.07. The summed E-state index contributed by atoms with van der Waals surface area (Å²) in [6, 6.07) is 17.6. The van der Waals surface area contributed by atoms with Crippen molar-refractivity contribution in [3.8, 4) is 16.9 Å². The van der Waals surface area contributed by atoms with E-state index >= 15 is 0 Å². The molecule has 0 aromatic heterocycles. The maximum absolute atomic E-state index is 11.9. The quantitative estimate of drug-likeness (QED) is 0.458. The van der Waals surface area contributed by atoms with Crippen LogP contribution in [0.3, 0.4) is 0 Å². The third-order valence-electron chi connectivity index (χ3n) is 2.98. The van der Waals surface area contributed by atoms with Crippen LogP contribution < -0.4 is 4.74 Å². The molecule has 0 saturated carbocycles. The zero-order chi connectivity index (χ0) is 14.4. The van der Waals surface area contributed by atoms with E-state index in [9.17, 15) is 4.79 Å². The van der Waals surface area contributed by atoms with Gasteiger partial charge in [-0.05, 0) is 36.6 Å². The zero-order valence-corrected chi connectivity index (χ0v) is 11.8. The van der Waals surface area contributed by atoms with Gasteiger partial charge in [-0.1, -0.05) is 55.5 Å². The van der Waals surface area contributed by atoms with Crippen molar-refractivity contribution in [1.29, 1.82) is 0 Å². The Bertz CT molecular complexity index is 612. The number of rotatable bonds is 4. The van der Waals surface area contributed by atoms with Gasteiger partial charge in [0.05, 0.1) is 0 Å². The van der Waals surface area contributed by atoms with Gasteiger partial charge in [0.15, 0.2) is 0 Å². The predicted octanol–water partition coefficient (Wildman–Crippen LogP) is 4.62. The second kappa shape index (κ2) is 6.71. The number of benzene rings is 2. The molecule has 0 bridgehead atoms. The number of esters is 1. The van der Waals surface area contributed by atoms with Crippen LogP contribution in [0, 0.1) is 0 Å². The Balaban J connectivity index is 2.19. The molecule has 2 heteroatoms. The molecular weight excluding hydrogens is 248 g/mol. The van der Waals surface area contributed by atoms with E-state index in [0.717, 1.165) is 17.5 Å². The molecule has 0 heterocycles. The molecule has 0 fully saturated rings. The number of carbonyl (C=O) groups excluding carboxylic acids is 1. The van der Waals surface area contributed by atoms with Crippen LogP contribution in [-0.4, -0.2) is 5.97 Å². The first-order valence-electron chi connectivity index (χ1n) is 6.75. The number of hydrogen-bond donors (Lipinski definition) is 0. The minimum Gasteiger partial charge on any atom is -0.423 e. The highest BCUT2D eigenvalue weighted by Gasteiger charge is 2.07. The lowest BCUT2D eigenvalue weighted by molar-refractivity contribution is -0.130. The van der Waals surface area contributed by atoms with Gasteiger partial charge in [-0.3, -0.25) is 0 Å². The van der Waals surface area contributed by atoms with Gasteiger partial charge in [-0.2, -0.15) is 0 Å². The SMILES string of the molecule is CCC=C(C)C(=O)Oc1cccc(-c2ccccc2)c1. The van der Waals surface area contributed by atoms with E-state index in [1.807, 2.05) is 61.5 Å². The molecule has 0 radical (unpaired) electrons. The third-order valence-corrected chi connectivity index (χ3v) is 2.98. The van der Waals surface area contributed by atoms with E-state index in [4.69, 9.17) is 4.74 Å². The highest BCUT2D eigenvalue weighted by molar-refractivity contribution is 5.89. The Morgan fingerprint density at radius 3 is 2.45 bits per heavy atom. The van der Waals surface area contributed by atoms with Gasteiger partial charge in [0.25, 0.3) is 0 Å². The largest absolute Gasteiger partial charge is 0.423 e. The van der Waals surface area contributed by atoms with Crippen LogP contribution in [0.2, 0.25) is 0 Å². The summed E-state index contributed by atoms with van der Waals surface area (Å²) in [6.07, 6.45) is 2.69. The van der Waals surface area contributed by atoms with Crippen molar-refractivity contribution < 1.29 is 9.53 Å². The minimum atomic E-state index is -0.294. The second-order valence-corrected chi connectivity index (χ2v) is 4.58. The molecule has 0 atom stereocenters. The van der Waals surface area contributed by atoms with Gasteiger partial charge in [0.2, 0.25) is 0 Å². The maximum Gasteiger partial charge on any atom is 0.338 e. The molecule has 102 valence electrons. The minimum absolute atomic E-state index is 0.294. The molecule has 2 aromatic carbocycles. The summed E-state index contributed by atoms with van der Waals surface area (Å²) in [4.78, 5) is 11.9. The van der Waals surface area contributed by atoms with Crippen LogP contribution in [0.15, 0.2) is 66.2 Å². The molecule has 0 aliphatic heterocycles. The van der Waals surface area contributed by atoms with E-state index < -0.39 is 0 Å². The number of allylic oxidation sites excluding steroid dienone is 1. The summed E-state index contributed by atoms with van der Waals surface area (Å²) in [5.74, 6) is 0.275. The van der Waals surface area contributed by atoms with Gasteiger partial charge < -0.3 is 4.74 Å². The average Bonchev–Trinajstić information content (AvgIpc) is 2.48. The van der Waals surface area contributed by atoms with Crippen LogP contribution in [0.4, 0.5) is 0 Å². The normalized spacial score (nSPS) is 11.2. The van der Waals surface area contributed by atoms with E-state index in [1.54, 1.807) is 13.0 Å². The van der Waals surface area contributed by atoms with Crippen molar-refractivity contribution in [3.05, 3.63) is 66.2 Å². The molecular formula is C18H18O2. The topological polar surface area (TPSA) is 26.3 Å². The summed E-state index contributed by atoms with van der Waals surface area (Å²) in [6.45, 7) is 3.76. The van der Waals surface area contributed by atoms with E-state index in [1.165, 1.54) is 0 Å². The molecule has 0 amide bonds. The molecule has 20 heavy (non-hydrogen) atoms. The van der Waals surface area contributed by atoms with E-state index in [2.05, 4.69) is 0 Å². The van der Waals surface area contributed by atoms with Crippen molar-refractivity contribution in [2.75, 3.05) is 0 Å². The van der Waals surface area contributed by atoms with E-state index in [0.29, 0.717) is 11.3 Å². The smallest absolute Gasteiger partial charge is 0.338 e. The predicted molar refractivity (Wildman–Crippen MR) is 81.6 cm³/mol. The van der Waals surface area contributed by atoms with Gasteiger partial charge in [0.1, 0.15) is 5.75 Å². The molecule has 0 N–H and O–H groups in total. The zero-order valence-electron chi connectivity index (χ0n) is 11.8. The van der Waals surface area contributed by atoms with Crippen LogP contribution >= 0.6 is 0 Å². The molecule has 0 saturated heterocycles. The van der Waals surface area contributed by atoms with Gasteiger partial charge in [0, 0.05) is 5.57 Å². The van der Waals surface area contributed by atoms with Crippen molar-refractivity contribution in [3.63, 3.8) is 0 Å². The summed E-state index contributed by atoms with van der Waals surface area (Å²) in [5.41, 5.74) is 2.77. The maximum atomic E-state index is 11.9. The average molecular weight is 266 g/mol. The van der Waals surface area contributed by atoms with E-state index in [-0.39, 0.29) is 5.97 Å². The number of carbonyl (C=O) groups is 1. The first-order valence-corrected chi connectivity index (χ1v) is 6.75. The highest BCUT2D eigenvalue weighted by atomic mass is 16.5. The van der Waals surface area contributed by atoms with Gasteiger partial charge >= 0.3 is 5.97 Å². The van der Waals surface area contributed by atoms with Crippen molar-refractivity contribution in [2.24, 2.45) is 0 Å². The first kappa shape index (κ1) is 14.1. The summed E-state index contributed by atoms with van der Waals surface area (Å²) >= 11 is 0. The lowest BCUT2D eigenvalue weighted by Crippen LogP contribution is -2.09. The summed E-state index contributed by atoms with van der Waals surface area (Å²) in [5, 5.41) is 0. The second-order valence-electron chi connectivity index (χ2n) is 4.58.